The number of carbonyl (C=O) groups is 1. The van der Waals surface area contributed by atoms with Crippen LogP contribution in [0.2, 0.25) is 0 Å². The van der Waals surface area contributed by atoms with E-state index in [1.54, 1.807) is 0 Å². The Labute approximate surface area is 72.1 Å². The Morgan fingerprint density at radius 3 is 2.80 bits per heavy atom. The molecule has 1 N–H and O–H groups in total. The Balaban J connectivity index is 4.07. The number of carboxylic acid groups (broad SMARTS) is 1. The molecule has 0 atom stereocenters. The molecule has 0 amide bonds. The molecule has 0 saturated heterocycles. The van der Waals surface area contributed by atoms with Crippen molar-refractivity contribution in [1.82, 2.24) is 0 Å². The van der Waals surface area contributed by atoms with E-state index in [1.165, 1.54) is 0 Å². The Hall–Kier alpha value is -0.530. The Kier molecular flexibility index (Phi) is 1.87. The maximum absolute atomic E-state index is 10.4. The van der Waals surface area contributed by atoms with E-state index in [4.69, 9.17) is 14.7 Å². The maximum Gasteiger partial charge on any atom is 0.303 e. The van der Waals surface area contributed by atoms with E-state index in [0.29, 0.717) is 0 Å². The molecule has 60 valence electrons. The third-order valence-electron chi connectivity index (χ3n) is 1.00. The number of hydrogen-bond donors (Lipinski definition) is 1. The highest BCUT2D eigenvalue weighted by Gasteiger charge is 1.94. The Bertz CT molecular complexity index is 272. The fourth-order valence-corrected chi connectivity index (χ4v) is 0.534. The van der Waals surface area contributed by atoms with Gasteiger partial charge in [-0.05, 0) is 6.42 Å². The first-order valence-electron chi connectivity index (χ1n) is 6.63. The topological polar surface area (TPSA) is 37.3 Å². The van der Waals surface area contributed by atoms with E-state index >= 15 is 0 Å². The van der Waals surface area contributed by atoms with Gasteiger partial charge in [0, 0.05) is 16.0 Å². The lowest BCUT2D eigenvalue weighted by atomic mass is 10.1. The van der Waals surface area contributed by atoms with Gasteiger partial charge in [-0.1, -0.05) is 32.5 Å². The van der Waals surface area contributed by atoms with Crippen molar-refractivity contribution in [3.8, 4) is 0 Å². The van der Waals surface area contributed by atoms with E-state index in [2.05, 4.69) is 0 Å². The summed E-state index contributed by atoms with van der Waals surface area (Å²) in [5, 5.41) is 8.49. The van der Waals surface area contributed by atoms with Crippen LogP contribution in [-0.4, -0.2) is 11.1 Å². The van der Waals surface area contributed by atoms with Crippen LogP contribution in [0, 0.1) is 0 Å². The van der Waals surface area contributed by atoms with E-state index in [0.717, 1.165) is 0 Å². The minimum Gasteiger partial charge on any atom is -0.481 e. The van der Waals surface area contributed by atoms with Crippen LogP contribution in [0.5, 0.6) is 0 Å². The molecule has 0 saturated carbocycles. The van der Waals surface area contributed by atoms with Crippen molar-refractivity contribution >= 4 is 5.97 Å². The summed E-state index contributed by atoms with van der Waals surface area (Å²) in [5.74, 6) is -1.56. The van der Waals surface area contributed by atoms with E-state index < -0.39 is 25.6 Å². The highest BCUT2D eigenvalue weighted by Crippen LogP contribution is 2.04. The lowest BCUT2D eigenvalue weighted by molar-refractivity contribution is -0.137. The SMILES string of the molecule is [3H]C([3H])(CCCCC([3H])([3H])C([3H])([3H])[3H])C(=O)O. The van der Waals surface area contributed by atoms with Crippen LogP contribution >= 0.6 is 0 Å². The maximum atomic E-state index is 10.4. The summed E-state index contributed by atoms with van der Waals surface area (Å²) >= 11 is 0. The zero-order valence-electron chi connectivity index (χ0n) is 12.7. The summed E-state index contributed by atoms with van der Waals surface area (Å²) in [5.41, 5.74) is 0. The largest absolute Gasteiger partial charge is 0.481 e. The van der Waals surface area contributed by atoms with Crippen LogP contribution in [0.1, 0.15) is 54.9 Å². The van der Waals surface area contributed by atoms with Crippen molar-refractivity contribution in [2.75, 3.05) is 0 Å². The zero-order chi connectivity index (χ0) is 13.9. The third-order valence-corrected chi connectivity index (χ3v) is 1.00. The first-order valence-corrected chi connectivity index (χ1v) is 3.13. The molecule has 0 aromatic rings. The van der Waals surface area contributed by atoms with Crippen molar-refractivity contribution in [2.45, 2.75) is 45.3 Å². The predicted molar refractivity (Wildman–Crippen MR) is 41.0 cm³/mol. The van der Waals surface area contributed by atoms with Crippen molar-refractivity contribution in [3.05, 3.63) is 0 Å². The number of hydrogen-bond acceptors (Lipinski definition) is 1. The lowest BCUT2D eigenvalue weighted by Gasteiger charge is -1.95. The van der Waals surface area contributed by atoms with Gasteiger partial charge in [-0.15, -0.1) is 0 Å². The standard InChI is InChI=1S/C8H16O2/c1-2-3-4-5-6-7-8(9)10/h2-7H2,1H3,(H,9,10)/i1T3,2T2,7T2. The molecule has 0 heterocycles. The average molecular weight is 158 g/mol. The smallest absolute Gasteiger partial charge is 0.303 e. The molecule has 0 radical (unpaired) electrons. The summed E-state index contributed by atoms with van der Waals surface area (Å²) in [4.78, 5) is 10.4. The minimum atomic E-state index is -2.71. The van der Waals surface area contributed by atoms with E-state index in [1.807, 2.05) is 0 Å². The Morgan fingerprint density at radius 1 is 1.50 bits per heavy atom. The van der Waals surface area contributed by atoms with Gasteiger partial charge >= 0.3 is 5.97 Å². The molecule has 0 aromatic carbocycles. The molecule has 10 heavy (non-hydrogen) atoms. The average Bonchev–Trinajstić information content (AvgIpc) is 2.10. The predicted octanol–water partition coefficient (Wildman–Crippen LogP) is 2.43. The second kappa shape index (κ2) is 6.59. The summed E-state index contributed by atoms with van der Waals surface area (Å²) < 4.78 is 49.6. The number of rotatable bonds is 6. The lowest BCUT2D eigenvalue weighted by Crippen LogP contribution is -1.93. The van der Waals surface area contributed by atoms with Crippen LogP contribution in [0.3, 0.4) is 0 Å². The fourth-order valence-electron chi connectivity index (χ4n) is 0.534. The highest BCUT2D eigenvalue weighted by molar-refractivity contribution is 5.66. The van der Waals surface area contributed by atoms with Crippen LogP contribution in [-0.2, 0) is 4.79 Å². The molecule has 0 unspecified atom stereocenters. The summed E-state index contributed by atoms with van der Waals surface area (Å²) in [7, 11) is 0. The zero-order valence-corrected chi connectivity index (χ0v) is 5.68. The van der Waals surface area contributed by atoms with E-state index in [9.17, 15) is 4.79 Å². The summed E-state index contributed by atoms with van der Waals surface area (Å²) in [6.07, 6.45) is -4.87. The van der Waals surface area contributed by atoms with Gasteiger partial charge < -0.3 is 5.11 Å². The molecule has 0 aliphatic carbocycles. The van der Waals surface area contributed by atoms with Crippen molar-refractivity contribution < 1.29 is 19.5 Å². The van der Waals surface area contributed by atoms with Crippen molar-refractivity contribution in [3.63, 3.8) is 0 Å². The molecule has 2 nitrogen and oxygen atoms in total. The first-order chi connectivity index (χ1) is 7.40. The number of carboxylic acids is 1. The first kappa shape index (κ1) is 2.84. The van der Waals surface area contributed by atoms with Gasteiger partial charge in [0.25, 0.3) is 0 Å². The molecule has 0 spiro atoms. The van der Waals surface area contributed by atoms with Gasteiger partial charge in [0.2, 0.25) is 0 Å². The molecule has 0 fully saturated rings. The summed E-state index contributed by atoms with van der Waals surface area (Å²) in [6, 6.07) is 0. The van der Waals surface area contributed by atoms with Crippen molar-refractivity contribution in [1.29, 1.82) is 0 Å². The van der Waals surface area contributed by atoms with Gasteiger partial charge in [-0.25, -0.2) is 0 Å². The molecule has 0 rings (SSSR count). The minimum absolute atomic E-state index is 0.134. The van der Waals surface area contributed by atoms with Gasteiger partial charge in [-0.3, -0.25) is 4.79 Å². The normalized spacial score (nSPS) is 24.2. The van der Waals surface area contributed by atoms with Crippen LogP contribution in [0.4, 0.5) is 0 Å². The van der Waals surface area contributed by atoms with Gasteiger partial charge in [-0.2, -0.15) is 0 Å². The summed E-state index contributed by atoms with van der Waals surface area (Å²) in [6.45, 7) is -2.71. The molecule has 2 heteroatoms. The number of aliphatic carboxylic acids is 1. The van der Waals surface area contributed by atoms with Gasteiger partial charge in [0.1, 0.15) is 0 Å². The third kappa shape index (κ3) is 7.47. The van der Waals surface area contributed by atoms with E-state index in [-0.39, 0.29) is 25.7 Å². The van der Waals surface area contributed by atoms with Crippen LogP contribution in [0.15, 0.2) is 0 Å². The second-order valence-corrected chi connectivity index (χ2v) is 1.87. The van der Waals surface area contributed by atoms with Gasteiger partial charge in [0.15, 0.2) is 0 Å². The monoisotopic (exact) mass is 158 g/mol. The second-order valence-electron chi connectivity index (χ2n) is 1.87. The molecule has 0 aromatic heterocycles. The van der Waals surface area contributed by atoms with Crippen LogP contribution in [0.25, 0.3) is 0 Å². The quantitative estimate of drug-likeness (QED) is 0.603. The van der Waals surface area contributed by atoms with Gasteiger partial charge in [0.05, 0.1) is 0 Å². The number of unbranched alkanes of at least 4 members (excludes halogenated alkanes) is 1. The van der Waals surface area contributed by atoms with Crippen LogP contribution < -0.4 is 0 Å². The highest BCUT2D eigenvalue weighted by atomic mass is 16.4. The van der Waals surface area contributed by atoms with Crippen molar-refractivity contribution in [2.24, 2.45) is 0 Å². The fraction of sp³-hybridized carbons (Fsp3) is 0.875. The molecule has 0 bridgehead atoms. The molecular formula is C8H16O2. The molecular weight excluding hydrogens is 128 g/mol. The molecule has 0 aliphatic rings. The molecule has 0 aliphatic heterocycles. The Morgan fingerprint density at radius 2 is 2.20 bits per heavy atom.